The summed E-state index contributed by atoms with van der Waals surface area (Å²) in [6, 6.07) is 0. The molecule has 1 rings (SSSR count). The lowest BCUT2D eigenvalue weighted by atomic mass is 9.75. The smallest absolute Gasteiger partial charge is 0.0744 e. The Labute approximate surface area is 88.1 Å². The average Bonchev–Trinajstić information content (AvgIpc) is 2.18. The largest absolute Gasteiger partial charge is 0.391 e. The second-order valence-corrected chi connectivity index (χ2v) is 5.44. The van der Waals surface area contributed by atoms with E-state index in [9.17, 15) is 5.11 Å². The van der Waals surface area contributed by atoms with E-state index in [1.165, 1.54) is 25.7 Å². The first-order chi connectivity index (χ1) is 6.47. The van der Waals surface area contributed by atoms with Crippen LogP contribution < -0.4 is 5.32 Å². The lowest BCUT2D eigenvalue weighted by molar-refractivity contribution is 0.0123. The van der Waals surface area contributed by atoms with Crippen molar-refractivity contribution in [1.82, 2.24) is 5.32 Å². The van der Waals surface area contributed by atoms with Gasteiger partial charge in [0, 0.05) is 5.54 Å². The molecule has 2 heteroatoms. The van der Waals surface area contributed by atoms with Crippen LogP contribution in [0.25, 0.3) is 0 Å². The summed E-state index contributed by atoms with van der Waals surface area (Å²) < 4.78 is 0. The predicted octanol–water partition coefficient (Wildman–Crippen LogP) is 2.17. The van der Waals surface area contributed by atoms with Gasteiger partial charge in [-0.15, -0.1) is 0 Å². The Balaban J connectivity index is 2.49. The van der Waals surface area contributed by atoms with Crippen molar-refractivity contribution in [3.05, 3.63) is 0 Å². The summed E-state index contributed by atoms with van der Waals surface area (Å²) in [5, 5.41) is 13.4. The summed E-state index contributed by atoms with van der Waals surface area (Å²) in [6.45, 7) is 6.47. The molecule has 0 aromatic rings. The fourth-order valence-corrected chi connectivity index (χ4v) is 2.34. The van der Waals surface area contributed by atoms with Crippen LogP contribution in [0.4, 0.5) is 0 Å². The van der Waals surface area contributed by atoms with Crippen molar-refractivity contribution in [1.29, 1.82) is 0 Å². The average molecular weight is 199 g/mol. The van der Waals surface area contributed by atoms with Crippen LogP contribution >= 0.6 is 0 Å². The molecule has 0 aromatic heterocycles. The molecule has 0 radical (unpaired) electrons. The van der Waals surface area contributed by atoms with Gasteiger partial charge in [-0.3, -0.25) is 0 Å². The van der Waals surface area contributed by atoms with E-state index in [0.717, 1.165) is 5.92 Å². The van der Waals surface area contributed by atoms with Crippen molar-refractivity contribution >= 4 is 0 Å². The highest BCUT2D eigenvalue weighted by atomic mass is 16.3. The van der Waals surface area contributed by atoms with Crippen molar-refractivity contribution in [3.63, 3.8) is 0 Å². The summed E-state index contributed by atoms with van der Waals surface area (Å²) in [6.07, 6.45) is 4.73. The molecule has 1 aliphatic rings. The van der Waals surface area contributed by atoms with Crippen molar-refractivity contribution in [2.45, 2.75) is 58.1 Å². The van der Waals surface area contributed by atoms with Gasteiger partial charge in [0.2, 0.25) is 0 Å². The highest BCUT2D eigenvalue weighted by Gasteiger charge is 2.34. The first kappa shape index (κ1) is 12.0. The van der Waals surface area contributed by atoms with Crippen LogP contribution in [0.1, 0.15) is 46.5 Å². The zero-order valence-corrected chi connectivity index (χ0v) is 10.0. The van der Waals surface area contributed by atoms with Crippen LogP contribution in [0.3, 0.4) is 0 Å². The van der Waals surface area contributed by atoms with Gasteiger partial charge in [0.1, 0.15) is 0 Å². The van der Waals surface area contributed by atoms with Gasteiger partial charge in [0.15, 0.2) is 0 Å². The van der Waals surface area contributed by atoms with Crippen LogP contribution in [0.15, 0.2) is 0 Å². The van der Waals surface area contributed by atoms with Crippen LogP contribution in [-0.4, -0.2) is 23.8 Å². The van der Waals surface area contributed by atoms with E-state index in [4.69, 9.17) is 0 Å². The number of aliphatic hydroxyl groups is 1. The van der Waals surface area contributed by atoms with Gasteiger partial charge in [-0.2, -0.15) is 0 Å². The second kappa shape index (κ2) is 4.63. The van der Waals surface area contributed by atoms with Gasteiger partial charge in [0.25, 0.3) is 0 Å². The summed E-state index contributed by atoms with van der Waals surface area (Å²) in [5.41, 5.74) is -0.148. The molecule has 0 heterocycles. The second-order valence-electron chi connectivity index (χ2n) is 5.44. The summed E-state index contributed by atoms with van der Waals surface area (Å²) in [7, 11) is 1.93. The first-order valence-corrected chi connectivity index (χ1v) is 5.84. The molecule has 14 heavy (non-hydrogen) atoms. The molecule has 0 aliphatic heterocycles. The zero-order valence-electron chi connectivity index (χ0n) is 10.0. The Morgan fingerprint density at radius 3 is 2.14 bits per heavy atom. The van der Waals surface area contributed by atoms with Crippen LogP contribution in [0.5, 0.6) is 0 Å². The molecule has 0 spiro atoms. The van der Waals surface area contributed by atoms with Gasteiger partial charge < -0.3 is 10.4 Å². The van der Waals surface area contributed by atoms with Gasteiger partial charge >= 0.3 is 0 Å². The molecule has 2 N–H and O–H groups in total. The maximum absolute atomic E-state index is 10.2. The van der Waals surface area contributed by atoms with Crippen molar-refractivity contribution in [2.24, 2.45) is 11.8 Å². The predicted molar refractivity (Wildman–Crippen MR) is 60.3 cm³/mol. The number of hydrogen-bond donors (Lipinski definition) is 2. The fraction of sp³-hybridized carbons (Fsp3) is 1.00. The van der Waals surface area contributed by atoms with Gasteiger partial charge in [0.05, 0.1) is 6.10 Å². The molecular formula is C12H25NO. The highest BCUT2D eigenvalue weighted by molar-refractivity contribution is 4.90. The number of nitrogens with one attached hydrogen (secondary N) is 1. The third kappa shape index (κ3) is 2.71. The molecule has 84 valence electrons. The van der Waals surface area contributed by atoms with Crippen molar-refractivity contribution < 1.29 is 5.11 Å². The van der Waals surface area contributed by atoms with Gasteiger partial charge in [-0.05, 0) is 45.6 Å². The van der Waals surface area contributed by atoms with E-state index in [2.05, 4.69) is 26.1 Å². The van der Waals surface area contributed by atoms with Gasteiger partial charge in [-0.1, -0.05) is 19.8 Å². The molecule has 1 saturated carbocycles. The zero-order chi connectivity index (χ0) is 10.8. The number of rotatable bonds is 3. The molecule has 1 aliphatic carbocycles. The minimum Gasteiger partial charge on any atom is -0.391 e. The highest BCUT2D eigenvalue weighted by Crippen LogP contribution is 2.33. The van der Waals surface area contributed by atoms with Crippen molar-refractivity contribution in [2.75, 3.05) is 7.05 Å². The Hall–Kier alpha value is -0.0800. The summed E-state index contributed by atoms with van der Waals surface area (Å²) >= 11 is 0. The first-order valence-electron chi connectivity index (χ1n) is 5.84. The standard InChI is InChI=1S/C12H25NO/c1-9-5-7-10(8-6-9)11(14)12(2,3)13-4/h9-11,13-14H,5-8H2,1-4H3. The lowest BCUT2D eigenvalue weighted by Crippen LogP contribution is -2.51. The quantitative estimate of drug-likeness (QED) is 0.730. The molecular weight excluding hydrogens is 174 g/mol. The van der Waals surface area contributed by atoms with Crippen LogP contribution in [0.2, 0.25) is 0 Å². The Morgan fingerprint density at radius 2 is 1.71 bits per heavy atom. The Morgan fingerprint density at radius 1 is 1.21 bits per heavy atom. The Kier molecular flexibility index (Phi) is 3.96. The SMILES string of the molecule is CNC(C)(C)C(O)C1CCC(C)CC1. The number of hydrogen-bond acceptors (Lipinski definition) is 2. The van der Waals surface area contributed by atoms with E-state index in [0.29, 0.717) is 5.92 Å². The third-order valence-corrected chi connectivity index (χ3v) is 3.89. The summed E-state index contributed by atoms with van der Waals surface area (Å²) in [4.78, 5) is 0. The minimum atomic E-state index is -0.208. The fourth-order valence-electron chi connectivity index (χ4n) is 2.34. The maximum Gasteiger partial charge on any atom is 0.0744 e. The van der Waals surface area contributed by atoms with Crippen LogP contribution in [0, 0.1) is 11.8 Å². The van der Waals surface area contributed by atoms with E-state index in [-0.39, 0.29) is 11.6 Å². The third-order valence-electron chi connectivity index (χ3n) is 3.89. The number of likely N-dealkylation sites (N-methyl/N-ethyl adjacent to an activating group) is 1. The molecule has 0 saturated heterocycles. The molecule has 0 amide bonds. The van der Waals surface area contributed by atoms with Crippen molar-refractivity contribution in [3.8, 4) is 0 Å². The molecule has 0 aromatic carbocycles. The van der Waals surface area contributed by atoms with E-state index in [1.54, 1.807) is 0 Å². The lowest BCUT2D eigenvalue weighted by Gasteiger charge is -2.38. The topological polar surface area (TPSA) is 32.3 Å². The Bertz CT molecular complexity index is 171. The van der Waals surface area contributed by atoms with E-state index in [1.807, 2.05) is 7.05 Å². The number of aliphatic hydroxyl groups excluding tert-OH is 1. The molecule has 0 bridgehead atoms. The minimum absolute atomic E-state index is 0.148. The maximum atomic E-state index is 10.2. The van der Waals surface area contributed by atoms with E-state index >= 15 is 0 Å². The normalized spacial score (nSPS) is 31.5. The van der Waals surface area contributed by atoms with E-state index < -0.39 is 0 Å². The van der Waals surface area contributed by atoms with Crippen LogP contribution in [-0.2, 0) is 0 Å². The monoisotopic (exact) mass is 199 g/mol. The molecule has 1 fully saturated rings. The van der Waals surface area contributed by atoms with Gasteiger partial charge in [-0.25, -0.2) is 0 Å². The summed E-state index contributed by atoms with van der Waals surface area (Å²) in [5.74, 6) is 1.35. The molecule has 2 nitrogen and oxygen atoms in total. The molecule has 1 unspecified atom stereocenters. The molecule has 1 atom stereocenters.